The van der Waals surface area contributed by atoms with Crippen molar-refractivity contribution in [3.8, 4) is 11.6 Å². The van der Waals surface area contributed by atoms with Gasteiger partial charge in [-0.3, -0.25) is 4.79 Å². The Morgan fingerprint density at radius 1 is 1.41 bits per heavy atom. The second-order valence-electron chi connectivity index (χ2n) is 4.97. The zero-order valence-corrected chi connectivity index (χ0v) is 14.3. The van der Waals surface area contributed by atoms with E-state index in [1.807, 2.05) is 36.5 Å². The van der Waals surface area contributed by atoms with Crippen LogP contribution >= 0.6 is 15.9 Å². The molecule has 0 saturated carbocycles. The first-order valence-corrected chi connectivity index (χ1v) is 8.16. The van der Waals surface area contributed by atoms with Crippen LogP contribution in [0.3, 0.4) is 0 Å². The first kappa shape index (κ1) is 16.5. The SMILES string of the molecule is CCCCNC(=O)[C@H](C)Oc1nn(-c2ccccc2)cc1Br. The molecule has 1 N–H and O–H groups in total. The number of hydrogen-bond acceptors (Lipinski definition) is 3. The molecule has 0 aliphatic carbocycles. The smallest absolute Gasteiger partial charge is 0.260 e. The second-order valence-corrected chi connectivity index (χ2v) is 5.82. The van der Waals surface area contributed by atoms with Crippen LogP contribution < -0.4 is 10.1 Å². The molecule has 5 nitrogen and oxygen atoms in total. The summed E-state index contributed by atoms with van der Waals surface area (Å²) in [4.78, 5) is 11.9. The summed E-state index contributed by atoms with van der Waals surface area (Å²) < 4.78 is 8.07. The van der Waals surface area contributed by atoms with E-state index in [9.17, 15) is 4.79 Å². The number of benzene rings is 1. The van der Waals surface area contributed by atoms with Gasteiger partial charge >= 0.3 is 0 Å². The lowest BCUT2D eigenvalue weighted by Gasteiger charge is -2.13. The Morgan fingerprint density at radius 2 is 2.14 bits per heavy atom. The third-order valence-corrected chi connectivity index (χ3v) is 3.69. The lowest BCUT2D eigenvalue weighted by atomic mass is 10.3. The van der Waals surface area contributed by atoms with Crippen molar-refractivity contribution in [1.82, 2.24) is 15.1 Å². The van der Waals surface area contributed by atoms with Crippen LogP contribution in [0.4, 0.5) is 0 Å². The predicted octanol–water partition coefficient (Wildman–Crippen LogP) is 3.32. The Kier molecular flexibility index (Phi) is 6.00. The quantitative estimate of drug-likeness (QED) is 0.765. The molecule has 0 spiro atoms. The fourth-order valence-corrected chi connectivity index (χ4v) is 2.25. The van der Waals surface area contributed by atoms with Crippen LogP contribution in [0.1, 0.15) is 26.7 Å². The third-order valence-electron chi connectivity index (χ3n) is 3.15. The zero-order valence-electron chi connectivity index (χ0n) is 12.8. The summed E-state index contributed by atoms with van der Waals surface area (Å²) in [5.74, 6) is 0.275. The van der Waals surface area contributed by atoms with Crippen LogP contribution in [0.2, 0.25) is 0 Å². The van der Waals surface area contributed by atoms with E-state index >= 15 is 0 Å². The van der Waals surface area contributed by atoms with E-state index in [-0.39, 0.29) is 5.91 Å². The van der Waals surface area contributed by atoms with Gasteiger partial charge in [0.2, 0.25) is 5.88 Å². The van der Waals surface area contributed by atoms with Crippen molar-refractivity contribution in [2.45, 2.75) is 32.8 Å². The Labute approximate surface area is 138 Å². The van der Waals surface area contributed by atoms with Gasteiger partial charge in [-0.1, -0.05) is 31.5 Å². The number of unbranched alkanes of at least 4 members (excludes halogenated alkanes) is 1. The molecule has 0 aliphatic heterocycles. The van der Waals surface area contributed by atoms with Gasteiger partial charge in [-0.25, -0.2) is 4.68 Å². The summed E-state index contributed by atoms with van der Waals surface area (Å²) in [6.45, 7) is 4.47. The molecular weight excluding hydrogens is 346 g/mol. The highest BCUT2D eigenvalue weighted by molar-refractivity contribution is 9.10. The van der Waals surface area contributed by atoms with Gasteiger partial charge in [0.25, 0.3) is 5.91 Å². The zero-order chi connectivity index (χ0) is 15.9. The maximum absolute atomic E-state index is 11.9. The van der Waals surface area contributed by atoms with Crippen molar-refractivity contribution in [3.05, 3.63) is 41.0 Å². The van der Waals surface area contributed by atoms with Gasteiger partial charge in [0, 0.05) is 12.7 Å². The summed E-state index contributed by atoms with van der Waals surface area (Å²) in [7, 11) is 0. The molecular formula is C16H20BrN3O2. The van der Waals surface area contributed by atoms with Crippen LogP contribution in [-0.2, 0) is 4.79 Å². The van der Waals surface area contributed by atoms with Gasteiger partial charge in [-0.05, 0) is 41.4 Å². The van der Waals surface area contributed by atoms with E-state index < -0.39 is 6.10 Å². The Hall–Kier alpha value is -1.82. The van der Waals surface area contributed by atoms with Gasteiger partial charge in [0.1, 0.15) is 0 Å². The van der Waals surface area contributed by atoms with Crippen LogP contribution in [0.5, 0.6) is 5.88 Å². The molecule has 0 fully saturated rings. The average Bonchev–Trinajstić information content (AvgIpc) is 2.89. The highest BCUT2D eigenvalue weighted by Gasteiger charge is 2.18. The molecule has 6 heteroatoms. The number of rotatable bonds is 7. The topological polar surface area (TPSA) is 56.1 Å². The minimum Gasteiger partial charge on any atom is -0.463 e. The number of halogens is 1. The highest BCUT2D eigenvalue weighted by atomic mass is 79.9. The summed E-state index contributed by atoms with van der Waals surface area (Å²) in [6.07, 6.45) is 3.23. The van der Waals surface area contributed by atoms with Crippen molar-refractivity contribution in [3.63, 3.8) is 0 Å². The Bertz CT molecular complexity index is 613. The van der Waals surface area contributed by atoms with Crippen LogP contribution in [0, 0.1) is 0 Å². The lowest BCUT2D eigenvalue weighted by molar-refractivity contribution is -0.127. The molecule has 0 bridgehead atoms. The van der Waals surface area contributed by atoms with Gasteiger partial charge in [0.05, 0.1) is 10.2 Å². The van der Waals surface area contributed by atoms with Crippen molar-refractivity contribution in [1.29, 1.82) is 0 Å². The van der Waals surface area contributed by atoms with Gasteiger partial charge in [-0.15, -0.1) is 5.10 Å². The highest BCUT2D eigenvalue weighted by Crippen LogP contribution is 2.25. The first-order valence-electron chi connectivity index (χ1n) is 7.36. The summed E-state index contributed by atoms with van der Waals surface area (Å²) in [6, 6.07) is 9.72. The van der Waals surface area contributed by atoms with Crippen molar-refractivity contribution >= 4 is 21.8 Å². The molecule has 2 rings (SSSR count). The molecule has 1 atom stereocenters. The van der Waals surface area contributed by atoms with Crippen molar-refractivity contribution in [2.24, 2.45) is 0 Å². The van der Waals surface area contributed by atoms with Crippen LogP contribution in [0.15, 0.2) is 41.0 Å². The lowest BCUT2D eigenvalue weighted by Crippen LogP contribution is -2.36. The molecule has 0 aliphatic rings. The number of nitrogens with one attached hydrogen (secondary N) is 1. The van der Waals surface area contributed by atoms with Gasteiger partial charge in [-0.2, -0.15) is 0 Å². The molecule has 1 amide bonds. The Balaban J connectivity index is 2.01. The van der Waals surface area contributed by atoms with Crippen LogP contribution in [-0.4, -0.2) is 28.3 Å². The normalized spacial score (nSPS) is 12.0. The first-order chi connectivity index (χ1) is 10.6. The molecule has 1 aromatic heterocycles. The van der Waals surface area contributed by atoms with E-state index in [2.05, 4.69) is 33.3 Å². The molecule has 0 unspecified atom stereocenters. The minimum absolute atomic E-state index is 0.130. The number of carbonyl (C=O) groups is 1. The molecule has 118 valence electrons. The summed E-state index contributed by atoms with van der Waals surface area (Å²) in [5.41, 5.74) is 0.929. The summed E-state index contributed by atoms with van der Waals surface area (Å²) in [5, 5.41) is 7.21. The molecule has 22 heavy (non-hydrogen) atoms. The standard InChI is InChI=1S/C16H20BrN3O2/c1-3-4-10-18-15(21)12(2)22-16-14(17)11-20(19-16)13-8-6-5-7-9-13/h5-9,11-12H,3-4,10H2,1-2H3,(H,18,21)/t12-/m0/s1. The predicted molar refractivity (Wildman–Crippen MR) is 89.3 cm³/mol. The van der Waals surface area contributed by atoms with Gasteiger partial charge in [0.15, 0.2) is 6.10 Å². The number of amides is 1. The number of aromatic nitrogens is 2. The fraction of sp³-hybridized carbons (Fsp3) is 0.375. The summed E-state index contributed by atoms with van der Waals surface area (Å²) >= 11 is 3.42. The number of para-hydroxylation sites is 1. The fourth-order valence-electron chi connectivity index (χ4n) is 1.88. The Morgan fingerprint density at radius 3 is 2.82 bits per heavy atom. The number of hydrogen-bond donors (Lipinski definition) is 1. The minimum atomic E-state index is -0.590. The van der Waals surface area contributed by atoms with Crippen LogP contribution in [0.25, 0.3) is 5.69 Å². The maximum atomic E-state index is 11.9. The van der Waals surface area contributed by atoms with Gasteiger partial charge < -0.3 is 10.1 Å². The molecule has 1 heterocycles. The van der Waals surface area contributed by atoms with E-state index in [1.165, 1.54) is 0 Å². The molecule has 2 aromatic rings. The largest absolute Gasteiger partial charge is 0.463 e. The third kappa shape index (κ3) is 4.34. The van der Waals surface area contributed by atoms with Crippen molar-refractivity contribution in [2.75, 3.05) is 6.54 Å². The number of carbonyl (C=O) groups excluding carboxylic acids is 1. The number of ether oxygens (including phenoxy) is 1. The van der Waals surface area contributed by atoms with E-state index in [1.54, 1.807) is 11.6 Å². The van der Waals surface area contributed by atoms with E-state index in [4.69, 9.17) is 4.74 Å². The number of nitrogens with zero attached hydrogens (tertiary/aromatic N) is 2. The average molecular weight is 366 g/mol. The second kappa shape index (κ2) is 7.98. The molecule has 0 radical (unpaired) electrons. The monoisotopic (exact) mass is 365 g/mol. The van der Waals surface area contributed by atoms with Crippen molar-refractivity contribution < 1.29 is 9.53 Å². The van der Waals surface area contributed by atoms with E-state index in [0.29, 0.717) is 16.9 Å². The molecule has 1 aromatic carbocycles. The maximum Gasteiger partial charge on any atom is 0.260 e. The molecule has 0 saturated heterocycles. The van der Waals surface area contributed by atoms with E-state index in [0.717, 1.165) is 18.5 Å².